The van der Waals surface area contributed by atoms with Crippen molar-refractivity contribution in [1.29, 1.82) is 0 Å². The molecule has 0 radical (unpaired) electrons. The quantitative estimate of drug-likeness (QED) is 0.863. The molecule has 0 atom stereocenters. The van der Waals surface area contributed by atoms with Gasteiger partial charge in [-0.1, -0.05) is 30.3 Å². The van der Waals surface area contributed by atoms with Crippen LogP contribution in [0.2, 0.25) is 0 Å². The summed E-state index contributed by atoms with van der Waals surface area (Å²) < 4.78 is 5.60. The van der Waals surface area contributed by atoms with Crippen LogP contribution < -0.4 is 10.5 Å². The van der Waals surface area contributed by atoms with Gasteiger partial charge in [0, 0.05) is 11.3 Å². The summed E-state index contributed by atoms with van der Waals surface area (Å²) in [6.45, 7) is 2.14. The maximum Gasteiger partial charge on any atom is 0.238 e. The van der Waals surface area contributed by atoms with Gasteiger partial charge in [0.15, 0.2) is 0 Å². The molecule has 0 bridgehead atoms. The Labute approximate surface area is 106 Å². The summed E-state index contributed by atoms with van der Waals surface area (Å²) in [5.74, 6) is 0.378. The fourth-order valence-corrected chi connectivity index (χ4v) is 1.69. The summed E-state index contributed by atoms with van der Waals surface area (Å²) >= 11 is 0. The van der Waals surface area contributed by atoms with Gasteiger partial charge in [-0.15, -0.1) is 0 Å². The lowest BCUT2D eigenvalue weighted by Gasteiger charge is -2.11. The molecule has 0 aliphatic heterocycles. The number of pyridine rings is 1. The zero-order chi connectivity index (χ0) is 13.0. The van der Waals surface area contributed by atoms with Crippen LogP contribution in [0.15, 0.2) is 36.4 Å². The Morgan fingerprint density at radius 1 is 1.28 bits per heavy atom. The van der Waals surface area contributed by atoms with Crippen LogP contribution in [0.5, 0.6) is 5.88 Å². The van der Waals surface area contributed by atoms with Gasteiger partial charge in [-0.3, -0.25) is 0 Å². The molecule has 1 aromatic carbocycles. The van der Waals surface area contributed by atoms with Gasteiger partial charge in [0.05, 0.1) is 6.61 Å². The van der Waals surface area contributed by atoms with E-state index in [2.05, 4.69) is 4.98 Å². The van der Waals surface area contributed by atoms with Gasteiger partial charge in [0.1, 0.15) is 12.3 Å². The van der Waals surface area contributed by atoms with Crippen molar-refractivity contribution in [2.75, 3.05) is 5.73 Å². The van der Waals surface area contributed by atoms with E-state index in [-0.39, 0.29) is 6.61 Å². The van der Waals surface area contributed by atoms with Crippen molar-refractivity contribution in [3.05, 3.63) is 53.2 Å². The minimum absolute atomic E-state index is 0.114. The summed E-state index contributed by atoms with van der Waals surface area (Å²) in [6, 6.07) is 11.5. The SMILES string of the molecule is Cc1cc(CO)c(N)c(OCc2ccccc2)n1. The van der Waals surface area contributed by atoms with Crippen molar-refractivity contribution in [2.45, 2.75) is 20.1 Å². The molecule has 3 N–H and O–H groups in total. The van der Waals surface area contributed by atoms with Crippen LogP contribution in [0.1, 0.15) is 16.8 Å². The van der Waals surface area contributed by atoms with Crippen LogP contribution in [-0.2, 0) is 13.2 Å². The van der Waals surface area contributed by atoms with Crippen molar-refractivity contribution in [3.63, 3.8) is 0 Å². The molecule has 0 aliphatic rings. The number of nitrogens with zero attached hydrogens (tertiary/aromatic N) is 1. The Hall–Kier alpha value is -2.07. The zero-order valence-corrected chi connectivity index (χ0v) is 10.3. The first-order chi connectivity index (χ1) is 8.70. The summed E-state index contributed by atoms with van der Waals surface area (Å²) in [7, 11) is 0. The van der Waals surface area contributed by atoms with Crippen molar-refractivity contribution >= 4 is 5.69 Å². The van der Waals surface area contributed by atoms with E-state index in [1.54, 1.807) is 6.07 Å². The Balaban J connectivity index is 2.17. The number of aryl methyl sites for hydroxylation is 1. The number of ether oxygens (including phenoxy) is 1. The fraction of sp³-hybridized carbons (Fsp3) is 0.214. The number of nitrogen functional groups attached to an aromatic ring is 1. The number of aliphatic hydroxyl groups excluding tert-OH is 1. The number of aliphatic hydroxyl groups is 1. The van der Waals surface area contributed by atoms with E-state index in [0.29, 0.717) is 23.7 Å². The van der Waals surface area contributed by atoms with Crippen LogP contribution in [0.3, 0.4) is 0 Å². The van der Waals surface area contributed by atoms with E-state index in [4.69, 9.17) is 10.5 Å². The molecule has 0 aliphatic carbocycles. The van der Waals surface area contributed by atoms with Gasteiger partial charge in [-0.25, -0.2) is 4.98 Å². The van der Waals surface area contributed by atoms with Crippen molar-refractivity contribution in [1.82, 2.24) is 4.98 Å². The molecule has 0 saturated carbocycles. The molecule has 0 unspecified atom stereocenters. The summed E-state index contributed by atoms with van der Waals surface area (Å²) in [5, 5.41) is 9.19. The van der Waals surface area contributed by atoms with E-state index in [1.165, 1.54) is 0 Å². The lowest BCUT2D eigenvalue weighted by molar-refractivity contribution is 0.276. The van der Waals surface area contributed by atoms with Gasteiger partial charge in [-0.05, 0) is 18.6 Å². The second-order valence-electron chi connectivity index (χ2n) is 4.07. The molecule has 4 nitrogen and oxygen atoms in total. The third kappa shape index (κ3) is 2.78. The smallest absolute Gasteiger partial charge is 0.238 e. The van der Waals surface area contributed by atoms with Crippen molar-refractivity contribution in [3.8, 4) is 5.88 Å². The maximum absolute atomic E-state index is 9.19. The molecule has 1 aromatic heterocycles. The predicted octanol–water partition coefficient (Wildman–Crippen LogP) is 2.04. The molecule has 2 rings (SSSR count). The van der Waals surface area contributed by atoms with Gasteiger partial charge in [0.2, 0.25) is 5.88 Å². The average Bonchev–Trinajstić information content (AvgIpc) is 2.40. The highest BCUT2D eigenvalue weighted by molar-refractivity contribution is 5.55. The highest BCUT2D eigenvalue weighted by atomic mass is 16.5. The van der Waals surface area contributed by atoms with Crippen molar-refractivity contribution in [2.24, 2.45) is 0 Å². The molecule has 0 saturated heterocycles. The lowest BCUT2D eigenvalue weighted by Crippen LogP contribution is -2.05. The Morgan fingerprint density at radius 3 is 2.67 bits per heavy atom. The minimum Gasteiger partial charge on any atom is -0.471 e. The lowest BCUT2D eigenvalue weighted by atomic mass is 10.2. The topological polar surface area (TPSA) is 68.4 Å². The van der Waals surface area contributed by atoms with Crippen LogP contribution in [0.25, 0.3) is 0 Å². The first-order valence-electron chi connectivity index (χ1n) is 5.74. The maximum atomic E-state index is 9.19. The van der Waals surface area contributed by atoms with E-state index in [1.807, 2.05) is 37.3 Å². The van der Waals surface area contributed by atoms with Gasteiger partial charge in [0.25, 0.3) is 0 Å². The van der Waals surface area contributed by atoms with E-state index in [0.717, 1.165) is 11.3 Å². The predicted molar refractivity (Wildman–Crippen MR) is 70.1 cm³/mol. The van der Waals surface area contributed by atoms with Gasteiger partial charge < -0.3 is 15.6 Å². The molecule has 94 valence electrons. The second-order valence-corrected chi connectivity index (χ2v) is 4.07. The van der Waals surface area contributed by atoms with Gasteiger partial charge >= 0.3 is 0 Å². The number of benzene rings is 1. The number of rotatable bonds is 4. The third-order valence-corrected chi connectivity index (χ3v) is 2.63. The second kappa shape index (κ2) is 5.51. The Morgan fingerprint density at radius 2 is 2.00 bits per heavy atom. The molecule has 1 heterocycles. The first-order valence-corrected chi connectivity index (χ1v) is 5.74. The number of aromatic nitrogens is 1. The first kappa shape index (κ1) is 12.4. The normalized spacial score (nSPS) is 10.3. The monoisotopic (exact) mass is 244 g/mol. The number of hydrogen-bond acceptors (Lipinski definition) is 4. The van der Waals surface area contributed by atoms with E-state index >= 15 is 0 Å². The van der Waals surface area contributed by atoms with Crippen LogP contribution in [0.4, 0.5) is 5.69 Å². The third-order valence-electron chi connectivity index (χ3n) is 2.63. The molecule has 4 heteroatoms. The molecule has 2 aromatic rings. The Bertz CT molecular complexity index is 527. The zero-order valence-electron chi connectivity index (χ0n) is 10.3. The van der Waals surface area contributed by atoms with Gasteiger partial charge in [-0.2, -0.15) is 0 Å². The molecular formula is C14H16N2O2. The largest absolute Gasteiger partial charge is 0.471 e. The molecule has 0 spiro atoms. The Kier molecular flexibility index (Phi) is 3.79. The fourth-order valence-electron chi connectivity index (χ4n) is 1.69. The number of hydrogen-bond donors (Lipinski definition) is 2. The average molecular weight is 244 g/mol. The molecular weight excluding hydrogens is 228 g/mol. The van der Waals surface area contributed by atoms with Crippen molar-refractivity contribution < 1.29 is 9.84 Å². The highest BCUT2D eigenvalue weighted by Gasteiger charge is 2.09. The standard InChI is InChI=1S/C14H16N2O2/c1-10-7-12(8-17)13(15)14(16-10)18-9-11-5-3-2-4-6-11/h2-7,17H,8-9,15H2,1H3. The molecule has 18 heavy (non-hydrogen) atoms. The highest BCUT2D eigenvalue weighted by Crippen LogP contribution is 2.24. The van der Waals surface area contributed by atoms with Crippen LogP contribution in [0, 0.1) is 6.92 Å². The number of nitrogens with two attached hydrogens (primary N) is 1. The number of anilines is 1. The summed E-state index contributed by atoms with van der Waals surface area (Å²) in [4.78, 5) is 4.24. The van der Waals surface area contributed by atoms with E-state index in [9.17, 15) is 5.11 Å². The van der Waals surface area contributed by atoms with Crippen LogP contribution >= 0.6 is 0 Å². The van der Waals surface area contributed by atoms with Crippen LogP contribution in [-0.4, -0.2) is 10.1 Å². The summed E-state index contributed by atoms with van der Waals surface area (Å²) in [6.07, 6.45) is 0. The molecule has 0 fully saturated rings. The summed E-state index contributed by atoms with van der Waals surface area (Å²) in [5.41, 5.74) is 8.75. The molecule has 0 amide bonds. The van der Waals surface area contributed by atoms with E-state index < -0.39 is 0 Å². The minimum atomic E-state index is -0.114.